The highest BCUT2D eigenvalue weighted by atomic mass is 15.1. The lowest BCUT2D eigenvalue weighted by molar-refractivity contribution is 0.769. The van der Waals surface area contributed by atoms with E-state index >= 15 is 0 Å². The van der Waals surface area contributed by atoms with Crippen LogP contribution in [0.3, 0.4) is 0 Å². The summed E-state index contributed by atoms with van der Waals surface area (Å²) in [5.41, 5.74) is 17.7. The second-order valence-electron chi connectivity index (χ2n) is 19.1. The summed E-state index contributed by atoms with van der Waals surface area (Å²) in [5, 5.41) is 10.2. The number of fused-ring (bicyclic) bond motifs is 10. The first-order valence-electron chi connectivity index (χ1n) is 25.0. The molecular weight excluding hydrogens is 867 g/mol. The first-order valence-corrected chi connectivity index (χ1v) is 25.0. The lowest BCUT2D eigenvalue weighted by atomic mass is 9.67. The largest absolute Gasteiger partial charge is 0.310 e. The Kier molecular flexibility index (Phi) is 9.82. The van der Waals surface area contributed by atoms with Crippen LogP contribution in [0.2, 0.25) is 0 Å². The van der Waals surface area contributed by atoms with E-state index in [-0.39, 0.29) is 0 Å². The van der Waals surface area contributed by atoms with Crippen molar-refractivity contribution in [1.82, 2.24) is 0 Å². The predicted molar refractivity (Wildman–Crippen MR) is 305 cm³/mol. The molecule has 0 unspecified atom stereocenters. The molecule has 0 N–H and O–H groups in total. The van der Waals surface area contributed by atoms with Gasteiger partial charge in [0.25, 0.3) is 0 Å². The van der Waals surface area contributed by atoms with E-state index in [2.05, 4.69) is 290 Å². The summed E-state index contributed by atoms with van der Waals surface area (Å²) in [4.78, 5) is 2.40. The molecule has 0 aromatic heterocycles. The van der Waals surface area contributed by atoms with Gasteiger partial charge in [-0.25, -0.2) is 0 Å². The smallest absolute Gasteiger partial charge is 0.0713 e. The van der Waals surface area contributed by atoms with Gasteiger partial charge in [-0.15, -0.1) is 0 Å². The molecule has 0 spiro atoms. The Morgan fingerprint density at radius 3 is 1.33 bits per heavy atom. The fourth-order valence-electron chi connectivity index (χ4n) is 12.1. The Hall–Kier alpha value is -9.30. The maximum Gasteiger partial charge on any atom is 0.0713 e. The summed E-state index contributed by atoms with van der Waals surface area (Å²) in [6.07, 6.45) is 0. The minimum Gasteiger partial charge on any atom is -0.310 e. The highest BCUT2D eigenvalue weighted by molar-refractivity contribution is 6.25. The number of hydrogen-bond acceptors (Lipinski definition) is 1. The third-order valence-corrected chi connectivity index (χ3v) is 15.3. The lowest BCUT2D eigenvalue weighted by Crippen LogP contribution is -2.28. The van der Waals surface area contributed by atoms with Crippen LogP contribution in [-0.4, -0.2) is 0 Å². The molecule has 14 rings (SSSR count). The van der Waals surface area contributed by atoms with Crippen molar-refractivity contribution in [3.8, 4) is 44.5 Å². The monoisotopic (exact) mass is 913 g/mol. The average molecular weight is 914 g/mol. The van der Waals surface area contributed by atoms with Crippen molar-refractivity contribution in [1.29, 1.82) is 0 Å². The Labute approximate surface area is 420 Å². The molecule has 0 saturated carbocycles. The minimum absolute atomic E-state index is 0.461. The van der Waals surface area contributed by atoms with E-state index in [1.807, 2.05) is 0 Å². The molecule has 1 nitrogen and oxygen atoms in total. The lowest BCUT2D eigenvalue weighted by Gasteiger charge is -2.34. The quantitative estimate of drug-likeness (QED) is 0.137. The third kappa shape index (κ3) is 6.63. The van der Waals surface area contributed by atoms with Gasteiger partial charge < -0.3 is 4.90 Å². The van der Waals surface area contributed by atoms with Crippen molar-refractivity contribution in [2.45, 2.75) is 5.41 Å². The summed E-state index contributed by atoms with van der Waals surface area (Å²) < 4.78 is 0. The van der Waals surface area contributed by atoms with E-state index in [1.165, 1.54) is 110 Å². The Morgan fingerprint density at radius 1 is 0.222 bits per heavy atom. The van der Waals surface area contributed by atoms with Crippen molar-refractivity contribution < 1.29 is 0 Å². The molecule has 0 saturated heterocycles. The van der Waals surface area contributed by atoms with Crippen LogP contribution >= 0.6 is 0 Å². The molecule has 336 valence electrons. The van der Waals surface area contributed by atoms with Gasteiger partial charge in [0.2, 0.25) is 0 Å². The number of anilines is 3. The summed E-state index contributed by atoms with van der Waals surface area (Å²) in [5.74, 6) is 0. The van der Waals surface area contributed by atoms with Crippen LogP contribution in [0.1, 0.15) is 22.3 Å². The van der Waals surface area contributed by atoms with Gasteiger partial charge in [0.15, 0.2) is 0 Å². The van der Waals surface area contributed by atoms with Gasteiger partial charge in [-0.3, -0.25) is 0 Å². The van der Waals surface area contributed by atoms with Gasteiger partial charge >= 0.3 is 0 Å². The molecule has 0 heterocycles. The first kappa shape index (κ1) is 41.7. The second-order valence-corrected chi connectivity index (χ2v) is 19.1. The highest BCUT2D eigenvalue weighted by Crippen LogP contribution is 2.57. The number of rotatable bonds is 8. The molecule has 13 aromatic carbocycles. The fourth-order valence-corrected chi connectivity index (χ4v) is 12.1. The van der Waals surface area contributed by atoms with E-state index < -0.39 is 5.41 Å². The van der Waals surface area contributed by atoms with Crippen LogP contribution < -0.4 is 4.90 Å². The van der Waals surface area contributed by atoms with Crippen LogP contribution in [-0.2, 0) is 5.41 Å². The first-order chi connectivity index (χ1) is 35.7. The van der Waals surface area contributed by atoms with Gasteiger partial charge in [-0.05, 0) is 158 Å². The van der Waals surface area contributed by atoms with Gasteiger partial charge in [0.1, 0.15) is 0 Å². The van der Waals surface area contributed by atoms with Crippen molar-refractivity contribution in [3.63, 3.8) is 0 Å². The maximum atomic E-state index is 2.45. The van der Waals surface area contributed by atoms with Crippen LogP contribution in [0, 0.1) is 0 Å². The van der Waals surface area contributed by atoms with Crippen LogP contribution in [0.25, 0.3) is 87.6 Å². The molecule has 0 radical (unpaired) electrons. The molecule has 13 aromatic rings. The SMILES string of the molecule is c1ccc(C2(c3ccccc3)c3ccccc3-c3ccc(-c4ccc(N(c5ccc(-c6ccc7c8ccccc8c8ccccc8c7c6)cc5)c5cccc(-c6cccc7ccccc67)c5)cc4)cc32)cc1. The molecular formula is C71H47N. The number of benzene rings is 13. The molecule has 0 fully saturated rings. The van der Waals surface area contributed by atoms with E-state index in [9.17, 15) is 0 Å². The summed E-state index contributed by atoms with van der Waals surface area (Å²) in [6.45, 7) is 0. The summed E-state index contributed by atoms with van der Waals surface area (Å²) >= 11 is 0. The zero-order chi connectivity index (χ0) is 47.6. The molecule has 0 aliphatic heterocycles. The third-order valence-electron chi connectivity index (χ3n) is 15.3. The minimum atomic E-state index is -0.461. The summed E-state index contributed by atoms with van der Waals surface area (Å²) in [7, 11) is 0. The van der Waals surface area contributed by atoms with Gasteiger partial charge in [0.05, 0.1) is 5.41 Å². The molecule has 0 atom stereocenters. The maximum absolute atomic E-state index is 2.45. The van der Waals surface area contributed by atoms with Gasteiger partial charge in [-0.2, -0.15) is 0 Å². The van der Waals surface area contributed by atoms with Crippen LogP contribution in [0.5, 0.6) is 0 Å². The number of nitrogens with zero attached hydrogens (tertiary/aromatic N) is 1. The summed E-state index contributed by atoms with van der Waals surface area (Å²) in [6, 6.07) is 105. The highest BCUT2D eigenvalue weighted by Gasteiger charge is 2.46. The van der Waals surface area contributed by atoms with Crippen molar-refractivity contribution in [2.24, 2.45) is 0 Å². The Bertz CT molecular complexity index is 4110. The van der Waals surface area contributed by atoms with E-state index in [1.54, 1.807) is 0 Å². The fraction of sp³-hybridized carbons (Fsp3) is 0.0141. The zero-order valence-corrected chi connectivity index (χ0v) is 39.6. The van der Waals surface area contributed by atoms with Crippen molar-refractivity contribution in [3.05, 3.63) is 307 Å². The zero-order valence-electron chi connectivity index (χ0n) is 39.6. The normalized spacial score (nSPS) is 12.6. The molecule has 1 aliphatic carbocycles. The van der Waals surface area contributed by atoms with Gasteiger partial charge in [-0.1, -0.05) is 237 Å². The standard InChI is InChI=1S/C71H47N/c1-3-20-54(21-4-1)71(55-22-5-2-6-23-55)69-32-14-13-30-66(69)67-44-38-52(47-70(67)71)49-35-41-57(42-36-49)72(58-24-15-19-53(45-58)60-31-16-18-50-17-7-8-25-59(50)60)56-39-33-48(34-40-56)51-37-43-65-63-28-10-9-26-61(63)62-27-11-12-29-64(62)68(65)46-51/h1-47H. The average Bonchev–Trinajstić information content (AvgIpc) is 3.76. The number of hydrogen-bond donors (Lipinski definition) is 0. The Balaban J connectivity index is 0.884. The molecule has 1 heteroatoms. The molecule has 0 amide bonds. The van der Waals surface area contributed by atoms with Gasteiger partial charge in [0, 0.05) is 17.1 Å². The van der Waals surface area contributed by atoms with E-state index in [0.29, 0.717) is 0 Å². The second kappa shape index (κ2) is 17.0. The van der Waals surface area contributed by atoms with Crippen molar-refractivity contribution >= 4 is 60.2 Å². The van der Waals surface area contributed by atoms with E-state index in [0.717, 1.165) is 17.1 Å². The molecule has 0 bridgehead atoms. The molecule has 72 heavy (non-hydrogen) atoms. The van der Waals surface area contributed by atoms with E-state index in [4.69, 9.17) is 0 Å². The Morgan fingerprint density at radius 2 is 0.681 bits per heavy atom. The molecule has 1 aliphatic rings. The van der Waals surface area contributed by atoms with Crippen LogP contribution in [0.15, 0.2) is 285 Å². The predicted octanol–water partition coefficient (Wildman–Crippen LogP) is 19.1. The topological polar surface area (TPSA) is 3.24 Å². The van der Waals surface area contributed by atoms with Crippen LogP contribution in [0.4, 0.5) is 17.1 Å². The van der Waals surface area contributed by atoms with Crippen molar-refractivity contribution in [2.75, 3.05) is 4.90 Å².